The molecule has 12 nitrogen and oxygen atoms in total. The van der Waals surface area contributed by atoms with Gasteiger partial charge in [-0.1, -0.05) is 0 Å². The Labute approximate surface area is 143 Å². The van der Waals surface area contributed by atoms with Crippen LogP contribution in [-0.4, -0.2) is 47.5 Å². The van der Waals surface area contributed by atoms with E-state index in [9.17, 15) is 14.4 Å². The van der Waals surface area contributed by atoms with Crippen molar-refractivity contribution in [2.45, 2.75) is 25.3 Å². The van der Waals surface area contributed by atoms with Crippen LogP contribution in [-0.2, 0) is 4.79 Å². The average Bonchev–Trinajstić information content (AvgIpc) is 2.50. The zero-order valence-corrected chi connectivity index (χ0v) is 13.9. The van der Waals surface area contributed by atoms with Crippen LogP contribution in [0.2, 0.25) is 0 Å². The molecule has 0 saturated heterocycles. The third-order valence-corrected chi connectivity index (χ3v) is 3.22. The van der Waals surface area contributed by atoms with Gasteiger partial charge in [0.2, 0.25) is 11.9 Å². The Morgan fingerprint density at radius 3 is 2.64 bits per heavy atom. The van der Waals surface area contributed by atoms with Crippen LogP contribution in [0.1, 0.15) is 19.3 Å². The van der Waals surface area contributed by atoms with E-state index in [1.807, 2.05) is 0 Å². The number of aliphatic imine (C=N–C) groups is 1. The molecule has 10 N–H and O–H groups in total. The van der Waals surface area contributed by atoms with Crippen molar-refractivity contribution in [3.63, 3.8) is 0 Å². The first-order valence-electron chi connectivity index (χ1n) is 7.44. The normalized spacial score (nSPS) is 11.4. The van der Waals surface area contributed by atoms with Crippen LogP contribution in [0.5, 0.6) is 0 Å². The Morgan fingerprint density at radius 1 is 1.40 bits per heavy atom. The number of hydrogen-bond acceptors (Lipinski definition) is 6. The van der Waals surface area contributed by atoms with Crippen LogP contribution in [0.3, 0.4) is 0 Å². The summed E-state index contributed by atoms with van der Waals surface area (Å²) in [5, 5.41) is 2.13. The zero-order chi connectivity index (χ0) is 19.0. The molecule has 1 heterocycles. The summed E-state index contributed by atoms with van der Waals surface area (Å²) < 4.78 is 0. The molecule has 3 amide bonds. The fourth-order valence-corrected chi connectivity index (χ4v) is 1.97. The van der Waals surface area contributed by atoms with Crippen LogP contribution in [0.25, 0.3) is 0 Å². The van der Waals surface area contributed by atoms with Crippen molar-refractivity contribution in [3.8, 4) is 0 Å². The van der Waals surface area contributed by atoms with Crippen molar-refractivity contribution in [2.24, 2.45) is 27.9 Å². The fraction of sp³-hybridized carbons (Fsp3) is 0.462. The van der Waals surface area contributed by atoms with Crippen molar-refractivity contribution >= 4 is 29.5 Å². The lowest BCUT2D eigenvalue weighted by Gasteiger charge is -2.18. The van der Waals surface area contributed by atoms with Crippen LogP contribution >= 0.6 is 0 Å². The third-order valence-electron chi connectivity index (χ3n) is 3.22. The largest absolute Gasteiger partial charge is 0.370 e. The number of aromatic amines is 1. The summed E-state index contributed by atoms with van der Waals surface area (Å²) in [5.41, 5.74) is 20.7. The van der Waals surface area contributed by atoms with E-state index in [1.165, 1.54) is 7.05 Å². The topological polar surface area (TPSA) is 212 Å². The first kappa shape index (κ1) is 19.9. The first-order valence-corrected chi connectivity index (χ1v) is 7.44. The molecule has 0 aliphatic heterocycles. The van der Waals surface area contributed by atoms with Gasteiger partial charge in [-0.3, -0.25) is 24.9 Å². The van der Waals surface area contributed by atoms with E-state index in [2.05, 4.69) is 20.3 Å². The minimum absolute atomic E-state index is 0.00498. The maximum atomic E-state index is 12.2. The number of amides is 3. The molecule has 0 aliphatic carbocycles. The molecule has 0 spiro atoms. The summed E-state index contributed by atoms with van der Waals surface area (Å²) in [5.74, 6) is -0.457. The van der Waals surface area contributed by atoms with Crippen molar-refractivity contribution in [3.05, 3.63) is 16.6 Å². The molecule has 0 saturated carbocycles. The number of H-pyrrole nitrogens is 1. The minimum Gasteiger partial charge on any atom is -0.370 e. The van der Waals surface area contributed by atoms with Crippen LogP contribution < -0.4 is 38.7 Å². The smallest absolute Gasteiger partial charge is 0.318 e. The highest BCUT2D eigenvalue weighted by molar-refractivity contribution is 5.93. The van der Waals surface area contributed by atoms with Gasteiger partial charge in [-0.05, 0) is 12.8 Å². The van der Waals surface area contributed by atoms with Crippen molar-refractivity contribution in [1.82, 2.24) is 9.97 Å². The fourth-order valence-electron chi connectivity index (χ4n) is 1.97. The molecule has 0 radical (unpaired) electrons. The van der Waals surface area contributed by atoms with Gasteiger partial charge in [0, 0.05) is 26.1 Å². The molecular weight excluding hydrogens is 330 g/mol. The number of aromatic nitrogens is 2. The molecule has 1 atom stereocenters. The number of nitrogens with one attached hydrogen (secondary N) is 2. The maximum absolute atomic E-state index is 12.2. The van der Waals surface area contributed by atoms with Gasteiger partial charge in [-0.15, -0.1) is 0 Å². The number of urea groups is 1. The molecular formula is C13H23N9O3. The highest BCUT2D eigenvalue weighted by Crippen LogP contribution is 2.09. The summed E-state index contributed by atoms with van der Waals surface area (Å²) >= 11 is 0. The SMILES string of the molecule is CN(C(=O)C[C@@H](N)CCCN=C(N)N)c1cnc(NC(N)=O)[nH]c1=O. The number of hydrogen-bond donors (Lipinski definition) is 6. The zero-order valence-electron chi connectivity index (χ0n) is 13.9. The molecule has 0 bridgehead atoms. The van der Waals surface area contributed by atoms with Gasteiger partial charge in [0.25, 0.3) is 5.56 Å². The standard InChI is InChI=1S/C13H23N9O3/c1-22(8-6-19-13(20-10(8)24)21-12(17)25)9(23)5-7(14)3-2-4-18-11(15)16/h6-7H,2-5,14H2,1H3,(H4,15,16,18)(H4,17,19,20,21,24,25)/t7-/m0/s1. The Bertz CT molecular complexity index is 696. The minimum atomic E-state index is -0.868. The van der Waals surface area contributed by atoms with Gasteiger partial charge in [-0.2, -0.15) is 0 Å². The lowest BCUT2D eigenvalue weighted by molar-refractivity contribution is -0.118. The van der Waals surface area contributed by atoms with E-state index in [0.717, 1.165) is 11.1 Å². The summed E-state index contributed by atoms with van der Waals surface area (Å²) in [6.07, 6.45) is 2.38. The monoisotopic (exact) mass is 353 g/mol. The second kappa shape index (κ2) is 9.22. The number of anilines is 2. The molecule has 138 valence electrons. The molecule has 0 aliphatic rings. The van der Waals surface area contributed by atoms with E-state index < -0.39 is 17.6 Å². The number of guanidine groups is 1. The van der Waals surface area contributed by atoms with Gasteiger partial charge < -0.3 is 27.8 Å². The molecule has 1 rings (SSSR count). The molecule has 1 aromatic rings. The number of carbonyl (C=O) groups is 2. The Balaban J connectivity index is 2.62. The second-order valence-electron chi connectivity index (χ2n) is 5.30. The van der Waals surface area contributed by atoms with Gasteiger partial charge in [-0.25, -0.2) is 9.78 Å². The van der Waals surface area contributed by atoms with Crippen molar-refractivity contribution in [2.75, 3.05) is 23.8 Å². The summed E-state index contributed by atoms with van der Waals surface area (Å²) in [6, 6.07) is -1.26. The van der Waals surface area contributed by atoms with Gasteiger partial charge in [0.1, 0.15) is 5.69 Å². The summed E-state index contributed by atoms with van der Waals surface area (Å²) in [4.78, 5) is 46.0. The molecule has 0 unspecified atom stereocenters. The van der Waals surface area contributed by atoms with Crippen molar-refractivity contribution in [1.29, 1.82) is 0 Å². The number of rotatable bonds is 8. The van der Waals surface area contributed by atoms with E-state index in [0.29, 0.717) is 19.4 Å². The molecule has 12 heteroatoms. The quantitative estimate of drug-likeness (QED) is 0.175. The second-order valence-corrected chi connectivity index (χ2v) is 5.30. The number of primary amides is 1. The average molecular weight is 353 g/mol. The van der Waals surface area contributed by atoms with Crippen LogP contribution in [0.15, 0.2) is 16.0 Å². The Hall–Kier alpha value is -3.15. The highest BCUT2D eigenvalue weighted by Gasteiger charge is 2.18. The number of nitrogens with two attached hydrogens (primary N) is 4. The lowest BCUT2D eigenvalue weighted by atomic mass is 10.1. The summed E-state index contributed by atoms with van der Waals surface area (Å²) in [7, 11) is 1.43. The lowest BCUT2D eigenvalue weighted by Crippen LogP contribution is -2.36. The van der Waals surface area contributed by atoms with E-state index in [4.69, 9.17) is 22.9 Å². The predicted molar refractivity (Wildman–Crippen MR) is 94.0 cm³/mol. The predicted octanol–water partition coefficient (Wildman–Crippen LogP) is -2.01. The van der Waals surface area contributed by atoms with E-state index in [1.54, 1.807) is 0 Å². The maximum Gasteiger partial charge on any atom is 0.318 e. The Kier molecular flexibility index (Phi) is 7.34. The van der Waals surface area contributed by atoms with Gasteiger partial charge in [0.15, 0.2) is 5.96 Å². The van der Waals surface area contributed by atoms with Crippen LogP contribution in [0, 0.1) is 0 Å². The highest BCUT2D eigenvalue weighted by atomic mass is 16.2. The van der Waals surface area contributed by atoms with Gasteiger partial charge in [0.05, 0.1) is 6.20 Å². The number of nitrogens with zero attached hydrogens (tertiary/aromatic N) is 3. The van der Waals surface area contributed by atoms with E-state index >= 15 is 0 Å². The molecule has 0 fully saturated rings. The summed E-state index contributed by atoms with van der Waals surface area (Å²) in [6.45, 7) is 0.429. The molecule has 0 aromatic carbocycles. The van der Waals surface area contributed by atoms with Gasteiger partial charge >= 0.3 is 6.03 Å². The van der Waals surface area contributed by atoms with Crippen LogP contribution in [0.4, 0.5) is 16.4 Å². The first-order chi connectivity index (χ1) is 11.7. The van der Waals surface area contributed by atoms with E-state index in [-0.39, 0.29) is 29.9 Å². The molecule has 25 heavy (non-hydrogen) atoms. The van der Waals surface area contributed by atoms with Crippen molar-refractivity contribution < 1.29 is 9.59 Å². The number of carbonyl (C=O) groups excluding carboxylic acids is 2. The molecule has 1 aromatic heterocycles. The Morgan fingerprint density at radius 2 is 2.08 bits per heavy atom. The third kappa shape index (κ3) is 6.87.